The lowest BCUT2D eigenvalue weighted by atomic mass is 9.96. The maximum absolute atomic E-state index is 14.8. The molecule has 1 aliphatic rings. The standard InChI is InChI=1S/C28H24ClFN6/c29-20-7-8-25(30)24(15-20)26-16-23(22-6-4-10-32-28(22)34-26)21-5-3-9-31-27(21)19-17-33-36(18-19)14-13-35-11-1-2-12-35/h3-10,15-18H,1-2,11-14H2. The van der Waals surface area contributed by atoms with Crippen LogP contribution >= 0.6 is 11.6 Å². The van der Waals surface area contributed by atoms with E-state index < -0.39 is 0 Å². The van der Waals surface area contributed by atoms with Gasteiger partial charge in [0.05, 0.1) is 24.1 Å². The average Bonchev–Trinajstić information content (AvgIpc) is 3.61. The lowest BCUT2D eigenvalue weighted by Gasteiger charge is -2.14. The Morgan fingerprint density at radius 1 is 0.889 bits per heavy atom. The number of halogens is 2. The third-order valence-corrected chi connectivity index (χ3v) is 6.87. The van der Waals surface area contributed by atoms with Gasteiger partial charge >= 0.3 is 0 Å². The van der Waals surface area contributed by atoms with Gasteiger partial charge in [-0.1, -0.05) is 17.7 Å². The van der Waals surface area contributed by atoms with E-state index in [1.54, 1.807) is 18.5 Å². The Morgan fingerprint density at radius 2 is 1.72 bits per heavy atom. The molecule has 36 heavy (non-hydrogen) atoms. The molecule has 5 aromatic rings. The van der Waals surface area contributed by atoms with Crippen molar-refractivity contribution < 1.29 is 4.39 Å². The van der Waals surface area contributed by atoms with Gasteiger partial charge in [0, 0.05) is 52.2 Å². The molecule has 0 bridgehead atoms. The van der Waals surface area contributed by atoms with E-state index in [4.69, 9.17) is 16.6 Å². The monoisotopic (exact) mass is 498 g/mol. The second kappa shape index (κ2) is 9.76. The molecule has 0 saturated carbocycles. The van der Waals surface area contributed by atoms with E-state index in [2.05, 4.69) is 20.0 Å². The lowest BCUT2D eigenvalue weighted by molar-refractivity contribution is 0.316. The molecule has 0 N–H and O–H groups in total. The van der Waals surface area contributed by atoms with Crippen LogP contribution in [0.1, 0.15) is 12.8 Å². The molecule has 1 aliphatic heterocycles. The summed E-state index contributed by atoms with van der Waals surface area (Å²) in [5, 5.41) is 5.90. The van der Waals surface area contributed by atoms with Crippen LogP contribution < -0.4 is 0 Å². The molecular formula is C28H24ClFN6. The summed E-state index contributed by atoms with van der Waals surface area (Å²) in [6.45, 7) is 4.16. The van der Waals surface area contributed by atoms with Gasteiger partial charge in [0.25, 0.3) is 0 Å². The summed E-state index contributed by atoms with van der Waals surface area (Å²) in [7, 11) is 0. The Morgan fingerprint density at radius 3 is 2.61 bits per heavy atom. The van der Waals surface area contributed by atoms with E-state index in [0.29, 0.717) is 21.9 Å². The normalized spacial score (nSPS) is 14.1. The maximum atomic E-state index is 14.8. The first-order valence-electron chi connectivity index (χ1n) is 12.1. The van der Waals surface area contributed by atoms with Crippen molar-refractivity contribution in [2.45, 2.75) is 19.4 Å². The van der Waals surface area contributed by atoms with Crippen LogP contribution in [0.2, 0.25) is 5.02 Å². The largest absolute Gasteiger partial charge is 0.301 e. The minimum absolute atomic E-state index is 0.330. The molecule has 180 valence electrons. The van der Waals surface area contributed by atoms with Crippen LogP contribution in [0, 0.1) is 5.82 Å². The van der Waals surface area contributed by atoms with E-state index in [-0.39, 0.29) is 5.82 Å². The molecule has 5 heterocycles. The highest BCUT2D eigenvalue weighted by molar-refractivity contribution is 6.30. The third-order valence-electron chi connectivity index (χ3n) is 6.64. The lowest BCUT2D eigenvalue weighted by Crippen LogP contribution is -2.24. The number of nitrogens with zero attached hydrogens (tertiary/aromatic N) is 6. The van der Waals surface area contributed by atoms with Gasteiger partial charge in [0.2, 0.25) is 0 Å². The molecule has 6 nitrogen and oxygen atoms in total. The molecular weight excluding hydrogens is 475 g/mol. The predicted molar refractivity (Wildman–Crippen MR) is 140 cm³/mol. The second-order valence-electron chi connectivity index (χ2n) is 8.99. The number of hydrogen-bond donors (Lipinski definition) is 0. The van der Waals surface area contributed by atoms with Crippen molar-refractivity contribution in [3.63, 3.8) is 0 Å². The van der Waals surface area contributed by atoms with Gasteiger partial charge in [-0.2, -0.15) is 5.10 Å². The Balaban J connectivity index is 1.44. The highest BCUT2D eigenvalue weighted by Gasteiger charge is 2.18. The van der Waals surface area contributed by atoms with Crippen molar-refractivity contribution >= 4 is 22.6 Å². The molecule has 1 aromatic carbocycles. The van der Waals surface area contributed by atoms with Gasteiger partial charge < -0.3 is 4.90 Å². The molecule has 1 saturated heterocycles. The third kappa shape index (κ3) is 4.47. The molecule has 0 atom stereocenters. The molecule has 0 radical (unpaired) electrons. The topological polar surface area (TPSA) is 59.7 Å². The number of rotatable bonds is 6. The zero-order valence-corrected chi connectivity index (χ0v) is 20.4. The van der Waals surface area contributed by atoms with Crippen molar-refractivity contribution in [2.75, 3.05) is 19.6 Å². The molecule has 8 heteroatoms. The summed E-state index contributed by atoms with van der Waals surface area (Å²) in [5.41, 5.74) is 4.83. The molecule has 0 amide bonds. The zero-order valence-electron chi connectivity index (χ0n) is 19.6. The minimum atomic E-state index is -0.390. The highest BCUT2D eigenvalue weighted by Crippen LogP contribution is 2.37. The van der Waals surface area contributed by atoms with Crippen molar-refractivity contribution in [1.82, 2.24) is 29.6 Å². The van der Waals surface area contributed by atoms with Crippen LogP contribution in [0.3, 0.4) is 0 Å². The van der Waals surface area contributed by atoms with Crippen molar-refractivity contribution in [1.29, 1.82) is 0 Å². The van der Waals surface area contributed by atoms with Crippen molar-refractivity contribution in [3.05, 3.63) is 84.2 Å². The first-order chi connectivity index (χ1) is 17.7. The summed E-state index contributed by atoms with van der Waals surface area (Å²) >= 11 is 6.18. The van der Waals surface area contributed by atoms with Gasteiger partial charge in [-0.15, -0.1) is 0 Å². The van der Waals surface area contributed by atoms with E-state index in [0.717, 1.165) is 53.9 Å². The number of fused-ring (bicyclic) bond motifs is 1. The molecule has 1 fully saturated rings. The van der Waals surface area contributed by atoms with Crippen LogP contribution in [0.4, 0.5) is 4.39 Å². The molecule has 6 rings (SSSR count). The zero-order chi connectivity index (χ0) is 24.5. The average molecular weight is 499 g/mol. The smallest absolute Gasteiger partial charge is 0.160 e. The van der Waals surface area contributed by atoms with Gasteiger partial charge in [0.15, 0.2) is 5.65 Å². The maximum Gasteiger partial charge on any atom is 0.160 e. The number of benzene rings is 1. The minimum Gasteiger partial charge on any atom is -0.301 e. The number of pyridine rings is 3. The number of aromatic nitrogens is 5. The Hall–Kier alpha value is -3.68. The van der Waals surface area contributed by atoms with Gasteiger partial charge in [0.1, 0.15) is 5.82 Å². The number of likely N-dealkylation sites (tertiary alicyclic amines) is 1. The SMILES string of the molecule is Fc1ccc(Cl)cc1-c1cc(-c2cccnc2-c2cnn(CCN3CCCC3)c2)c2cccnc2n1. The summed E-state index contributed by atoms with van der Waals surface area (Å²) in [5.74, 6) is -0.390. The molecule has 0 aliphatic carbocycles. The van der Waals surface area contributed by atoms with Crippen LogP contribution in [-0.4, -0.2) is 49.3 Å². The summed E-state index contributed by atoms with van der Waals surface area (Å²) in [6, 6.07) is 14.1. The Labute approximate surface area is 213 Å². The molecule has 0 unspecified atom stereocenters. The van der Waals surface area contributed by atoms with Crippen LogP contribution in [-0.2, 0) is 6.54 Å². The van der Waals surface area contributed by atoms with Crippen LogP contribution in [0.5, 0.6) is 0 Å². The fourth-order valence-electron chi connectivity index (χ4n) is 4.82. The van der Waals surface area contributed by atoms with Crippen LogP contribution in [0.25, 0.3) is 44.7 Å². The summed E-state index contributed by atoms with van der Waals surface area (Å²) < 4.78 is 16.8. The van der Waals surface area contributed by atoms with E-state index in [9.17, 15) is 4.39 Å². The molecule has 4 aromatic heterocycles. The first-order valence-corrected chi connectivity index (χ1v) is 12.5. The number of hydrogen-bond acceptors (Lipinski definition) is 5. The Kier molecular flexibility index (Phi) is 6.17. The van der Waals surface area contributed by atoms with E-state index in [1.807, 2.05) is 47.4 Å². The summed E-state index contributed by atoms with van der Waals surface area (Å²) in [6.07, 6.45) is 9.91. The van der Waals surface area contributed by atoms with Crippen molar-refractivity contribution in [2.24, 2.45) is 0 Å². The fourth-order valence-corrected chi connectivity index (χ4v) is 4.99. The Bertz CT molecular complexity index is 1540. The highest BCUT2D eigenvalue weighted by atomic mass is 35.5. The van der Waals surface area contributed by atoms with E-state index >= 15 is 0 Å². The summed E-state index contributed by atoms with van der Waals surface area (Å²) in [4.78, 5) is 16.3. The van der Waals surface area contributed by atoms with Gasteiger partial charge in [-0.05, 0) is 74.0 Å². The van der Waals surface area contributed by atoms with E-state index in [1.165, 1.54) is 25.0 Å². The molecule has 0 spiro atoms. The first kappa shape index (κ1) is 22.8. The van der Waals surface area contributed by atoms with Crippen molar-refractivity contribution in [3.8, 4) is 33.6 Å². The van der Waals surface area contributed by atoms with Crippen LogP contribution in [0.15, 0.2) is 73.3 Å². The fraction of sp³-hybridized carbons (Fsp3) is 0.214. The quantitative estimate of drug-likeness (QED) is 0.282. The van der Waals surface area contributed by atoms with Gasteiger partial charge in [-0.25, -0.2) is 14.4 Å². The van der Waals surface area contributed by atoms with Gasteiger partial charge in [-0.3, -0.25) is 9.67 Å². The second-order valence-corrected chi connectivity index (χ2v) is 9.43. The predicted octanol–water partition coefficient (Wildman–Crippen LogP) is 6.11.